The summed E-state index contributed by atoms with van der Waals surface area (Å²) in [5.41, 5.74) is 0. The number of amides is 2. The molecule has 0 aromatic carbocycles. The minimum absolute atomic E-state index is 0.0597. The molecule has 0 N–H and O–H groups in total. The van der Waals surface area contributed by atoms with Crippen LogP contribution in [0.3, 0.4) is 0 Å². The number of hydrogen-bond donors (Lipinski definition) is 0. The molecule has 0 bridgehead atoms. The number of piperazine rings is 2. The van der Waals surface area contributed by atoms with Gasteiger partial charge in [-0.1, -0.05) is 0 Å². The number of sulfonamides is 1. The van der Waals surface area contributed by atoms with Crippen LogP contribution in [0.25, 0.3) is 0 Å². The van der Waals surface area contributed by atoms with Gasteiger partial charge in [-0.05, 0) is 6.42 Å². The van der Waals surface area contributed by atoms with Gasteiger partial charge in [0, 0.05) is 71.2 Å². The summed E-state index contributed by atoms with van der Waals surface area (Å²) in [6.45, 7) is 3.70. The minimum Gasteiger partial charge on any atom is -0.340 e. The fraction of sp³-hybridized carbons (Fsp3) is 0.882. The molecule has 0 aromatic heterocycles. The van der Waals surface area contributed by atoms with E-state index in [4.69, 9.17) is 0 Å². The van der Waals surface area contributed by atoms with Crippen LogP contribution in [0.5, 0.6) is 0 Å². The Hall–Kier alpha value is -1.24. The fourth-order valence-corrected chi connectivity index (χ4v) is 6.79. The van der Waals surface area contributed by atoms with Crippen LogP contribution in [0.2, 0.25) is 0 Å². The summed E-state index contributed by atoms with van der Waals surface area (Å²) in [4.78, 5) is 30.3. The van der Waals surface area contributed by atoms with Gasteiger partial charge in [-0.3, -0.25) is 14.5 Å². The normalized spacial score (nSPS) is 26.6. The Labute approximate surface area is 172 Å². The zero-order valence-corrected chi connectivity index (χ0v) is 18.5. The molecule has 0 aromatic rings. The summed E-state index contributed by atoms with van der Waals surface area (Å²) in [5.74, 6) is 0.271. The van der Waals surface area contributed by atoms with Crippen LogP contribution in [0.4, 0.5) is 0 Å². The first-order valence-corrected chi connectivity index (χ1v) is 13.7. The average Bonchev–Trinajstić information content (AvgIpc) is 3.05. The van der Waals surface area contributed by atoms with Crippen molar-refractivity contribution in [2.75, 3.05) is 70.1 Å². The molecule has 3 fully saturated rings. The molecule has 3 aliphatic rings. The van der Waals surface area contributed by atoms with Gasteiger partial charge in [0.15, 0.2) is 9.84 Å². The molecule has 3 aliphatic heterocycles. The van der Waals surface area contributed by atoms with E-state index in [2.05, 4.69) is 4.90 Å². The number of nitrogens with zero attached hydrogens (tertiary/aromatic N) is 4. The van der Waals surface area contributed by atoms with Crippen molar-refractivity contribution in [1.82, 2.24) is 19.0 Å². The highest BCUT2D eigenvalue weighted by Crippen LogP contribution is 2.19. The SMILES string of the molecule is CS(=O)(=O)N1CCN(C(=O)CCC(=O)N2CCN(C3CCS(=O)(=O)C3)CC2)CC1. The van der Waals surface area contributed by atoms with Crippen molar-refractivity contribution in [1.29, 1.82) is 0 Å². The lowest BCUT2D eigenvalue weighted by Crippen LogP contribution is -2.52. The first-order valence-electron chi connectivity index (χ1n) is 10.0. The molecule has 0 radical (unpaired) electrons. The van der Waals surface area contributed by atoms with Gasteiger partial charge in [0.2, 0.25) is 21.8 Å². The van der Waals surface area contributed by atoms with E-state index in [1.165, 1.54) is 4.31 Å². The maximum Gasteiger partial charge on any atom is 0.223 e. The first-order chi connectivity index (χ1) is 13.5. The van der Waals surface area contributed by atoms with Gasteiger partial charge in [0.1, 0.15) is 0 Å². The average molecular weight is 451 g/mol. The Morgan fingerprint density at radius 3 is 1.76 bits per heavy atom. The van der Waals surface area contributed by atoms with Crippen LogP contribution in [0.1, 0.15) is 19.3 Å². The van der Waals surface area contributed by atoms with Crippen LogP contribution < -0.4 is 0 Å². The highest BCUT2D eigenvalue weighted by atomic mass is 32.2. The van der Waals surface area contributed by atoms with Crippen molar-refractivity contribution in [3.05, 3.63) is 0 Å². The quantitative estimate of drug-likeness (QED) is 0.485. The summed E-state index contributed by atoms with van der Waals surface area (Å²) < 4.78 is 47.7. The van der Waals surface area contributed by atoms with E-state index < -0.39 is 19.9 Å². The van der Waals surface area contributed by atoms with Gasteiger partial charge in [0.05, 0.1) is 17.8 Å². The Bertz CT molecular complexity index is 828. The highest BCUT2D eigenvalue weighted by molar-refractivity contribution is 7.91. The number of sulfone groups is 1. The van der Waals surface area contributed by atoms with Gasteiger partial charge in [-0.25, -0.2) is 16.8 Å². The zero-order chi connectivity index (χ0) is 21.2. The highest BCUT2D eigenvalue weighted by Gasteiger charge is 2.34. The lowest BCUT2D eigenvalue weighted by molar-refractivity contribution is -0.138. The Morgan fingerprint density at radius 1 is 0.862 bits per heavy atom. The van der Waals surface area contributed by atoms with Crippen LogP contribution in [0, 0.1) is 0 Å². The molecule has 3 heterocycles. The molecule has 0 aliphatic carbocycles. The maximum atomic E-state index is 12.5. The van der Waals surface area contributed by atoms with Crippen LogP contribution in [-0.4, -0.2) is 124 Å². The molecule has 10 nitrogen and oxygen atoms in total. The van der Waals surface area contributed by atoms with E-state index in [1.807, 2.05) is 0 Å². The summed E-state index contributed by atoms with van der Waals surface area (Å²) in [7, 11) is -6.15. The smallest absolute Gasteiger partial charge is 0.223 e. The Kier molecular flexibility index (Phi) is 6.86. The van der Waals surface area contributed by atoms with Crippen LogP contribution in [-0.2, 0) is 29.4 Å². The number of rotatable bonds is 5. The van der Waals surface area contributed by atoms with E-state index in [0.29, 0.717) is 45.7 Å². The Balaban J connectivity index is 1.38. The van der Waals surface area contributed by atoms with E-state index in [0.717, 1.165) is 6.26 Å². The molecule has 2 amide bonds. The van der Waals surface area contributed by atoms with Crippen molar-refractivity contribution in [3.8, 4) is 0 Å². The second kappa shape index (κ2) is 8.86. The topological polar surface area (TPSA) is 115 Å². The number of carbonyl (C=O) groups excluding carboxylic acids is 2. The Morgan fingerprint density at radius 2 is 1.34 bits per heavy atom. The molecule has 1 unspecified atom stereocenters. The lowest BCUT2D eigenvalue weighted by Gasteiger charge is -2.37. The molecular formula is C17H30N4O6S2. The molecule has 3 rings (SSSR count). The number of hydrogen-bond acceptors (Lipinski definition) is 7. The summed E-state index contributed by atoms with van der Waals surface area (Å²) in [6, 6.07) is 0.0597. The summed E-state index contributed by atoms with van der Waals surface area (Å²) >= 11 is 0. The van der Waals surface area contributed by atoms with Crippen molar-refractivity contribution in [3.63, 3.8) is 0 Å². The van der Waals surface area contributed by atoms with E-state index in [1.54, 1.807) is 9.80 Å². The predicted octanol–water partition coefficient (Wildman–Crippen LogP) is -1.80. The minimum atomic E-state index is -3.24. The fourth-order valence-electron chi connectivity index (χ4n) is 4.20. The van der Waals surface area contributed by atoms with Gasteiger partial charge >= 0.3 is 0 Å². The van der Waals surface area contributed by atoms with Crippen LogP contribution in [0.15, 0.2) is 0 Å². The molecule has 29 heavy (non-hydrogen) atoms. The monoisotopic (exact) mass is 450 g/mol. The first kappa shape index (κ1) is 22.4. The van der Waals surface area contributed by atoms with Gasteiger partial charge in [0.25, 0.3) is 0 Å². The number of carbonyl (C=O) groups is 2. The third-order valence-electron chi connectivity index (χ3n) is 6.00. The van der Waals surface area contributed by atoms with Crippen molar-refractivity contribution >= 4 is 31.7 Å². The van der Waals surface area contributed by atoms with Crippen molar-refractivity contribution in [2.45, 2.75) is 25.3 Å². The van der Waals surface area contributed by atoms with E-state index >= 15 is 0 Å². The van der Waals surface area contributed by atoms with E-state index in [9.17, 15) is 26.4 Å². The molecule has 12 heteroatoms. The maximum absolute atomic E-state index is 12.5. The molecule has 0 saturated carbocycles. The lowest BCUT2D eigenvalue weighted by atomic mass is 10.1. The van der Waals surface area contributed by atoms with Gasteiger partial charge in [-0.15, -0.1) is 0 Å². The van der Waals surface area contributed by atoms with Gasteiger partial charge in [-0.2, -0.15) is 4.31 Å². The van der Waals surface area contributed by atoms with Crippen molar-refractivity contribution in [2.24, 2.45) is 0 Å². The summed E-state index contributed by atoms with van der Waals surface area (Å²) in [5, 5.41) is 0. The second-order valence-electron chi connectivity index (χ2n) is 8.02. The van der Waals surface area contributed by atoms with Gasteiger partial charge < -0.3 is 9.80 Å². The molecule has 1 atom stereocenters. The summed E-state index contributed by atoms with van der Waals surface area (Å²) in [6.07, 6.45) is 2.09. The van der Waals surface area contributed by atoms with Crippen LogP contribution >= 0.6 is 0 Å². The second-order valence-corrected chi connectivity index (χ2v) is 12.2. The third kappa shape index (κ3) is 5.89. The predicted molar refractivity (Wildman–Crippen MR) is 107 cm³/mol. The van der Waals surface area contributed by atoms with E-state index in [-0.39, 0.29) is 55.3 Å². The molecule has 3 saturated heterocycles. The molecule has 0 spiro atoms. The molecular weight excluding hydrogens is 420 g/mol. The third-order valence-corrected chi connectivity index (χ3v) is 9.06. The zero-order valence-electron chi connectivity index (χ0n) is 16.8. The standard InChI is InChI=1S/C17H30N4O6S2/c1-28(24,25)21-11-9-20(10-12-21)17(23)3-2-16(22)19-7-5-18(6-8-19)15-4-13-29(26,27)14-15/h15H,2-14H2,1H3. The molecule has 166 valence electrons. The van der Waals surface area contributed by atoms with Crippen molar-refractivity contribution < 1.29 is 26.4 Å². The largest absolute Gasteiger partial charge is 0.340 e.